The van der Waals surface area contributed by atoms with E-state index in [1.807, 2.05) is 29.6 Å². The fourth-order valence-corrected chi connectivity index (χ4v) is 2.30. The standard InChI is InChI=1S/C16H17NO4S/c18-15(12-21-13-6-2-1-3-7-13)20-10-5-9-17-16(19)14-8-4-11-22-14/h1-4,6-8,11H,5,9-10,12H2,(H,17,19). The Morgan fingerprint density at radius 2 is 1.91 bits per heavy atom. The molecule has 0 aliphatic rings. The number of rotatable bonds is 8. The van der Waals surface area contributed by atoms with Gasteiger partial charge >= 0.3 is 5.97 Å². The van der Waals surface area contributed by atoms with E-state index in [9.17, 15) is 9.59 Å². The van der Waals surface area contributed by atoms with Crippen molar-refractivity contribution in [3.8, 4) is 5.75 Å². The Hall–Kier alpha value is -2.34. The normalized spacial score (nSPS) is 10.0. The van der Waals surface area contributed by atoms with Crippen LogP contribution in [0.25, 0.3) is 0 Å². The maximum absolute atomic E-state index is 11.6. The minimum atomic E-state index is -0.423. The fourth-order valence-electron chi connectivity index (χ4n) is 1.66. The molecule has 6 heteroatoms. The monoisotopic (exact) mass is 319 g/mol. The Labute approximate surface area is 132 Å². The highest BCUT2D eigenvalue weighted by molar-refractivity contribution is 7.12. The van der Waals surface area contributed by atoms with E-state index in [2.05, 4.69) is 5.32 Å². The maximum atomic E-state index is 11.6. The van der Waals surface area contributed by atoms with Crippen molar-refractivity contribution in [3.63, 3.8) is 0 Å². The molecule has 0 saturated carbocycles. The molecular weight excluding hydrogens is 302 g/mol. The third-order valence-electron chi connectivity index (χ3n) is 2.71. The van der Waals surface area contributed by atoms with Gasteiger partial charge in [-0.2, -0.15) is 0 Å². The zero-order valence-corrected chi connectivity index (χ0v) is 12.8. The molecule has 1 aromatic heterocycles. The number of nitrogens with one attached hydrogen (secondary N) is 1. The summed E-state index contributed by atoms with van der Waals surface area (Å²) in [6.07, 6.45) is 0.564. The first-order chi connectivity index (χ1) is 10.8. The van der Waals surface area contributed by atoms with Gasteiger partial charge in [-0.15, -0.1) is 11.3 Å². The highest BCUT2D eigenvalue weighted by Gasteiger charge is 2.06. The summed E-state index contributed by atoms with van der Waals surface area (Å²) in [5.74, 6) is 0.102. The number of para-hydroxylation sites is 1. The highest BCUT2D eigenvalue weighted by atomic mass is 32.1. The Balaban J connectivity index is 1.53. The van der Waals surface area contributed by atoms with Crippen molar-refractivity contribution in [2.75, 3.05) is 19.8 Å². The minimum Gasteiger partial charge on any atom is -0.482 e. The largest absolute Gasteiger partial charge is 0.482 e. The molecule has 1 amide bonds. The van der Waals surface area contributed by atoms with Crippen LogP contribution in [0.1, 0.15) is 16.1 Å². The molecule has 116 valence electrons. The zero-order valence-electron chi connectivity index (χ0n) is 12.0. The van der Waals surface area contributed by atoms with Gasteiger partial charge in [-0.1, -0.05) is 24.3 Å². The van der Waals surface area contributed by atoms with Gasteiger partial charge in [0, 0.05) is 6.54 Å². The molecule has 0 unspecified atom stereocenters. The molecule has 0 aliphatic heterocycles. The predicted octanol–water partition coefficient (Wildman–Crippen LogP) is 2.49. The molecule has 0 fully saturated rings. The molecule has 0 atom stereocenters. The molecule has 0 radical (unpaired) electrons. The lowest BCUT2D eigenvalue weighted by Crippen LogP contribution is -2.25. The Bertz CT molecular complexity index is 583. The third-order valence-corrected chi connectivity index (χ3v) is 3.58. The summed E-state index contributed by atoms with van der Waals surface area (Å²) < 4.78 is 10.3. The van der Waals surface area contributed by atoms with Crippen LogP contribution in [0.3, 0.4) is 0 Å². The van der Waals surface area contributed by atoms with E-state index in [4.69, 9.17) is 9.47 Å². The number of benzene rings is 1. The van der Waals surface area contributed by atoms with Gasteiger partial charge < -0.3 is 14.8 Å². The van der Waals surface area contributed by atoms with Crippen molar-refractivity contribution in [1.29, 1.82) is 0 Å². The van der Waals surface area contributed by atoms with Crippen molar-refractivity contribution in [2.45, 2.75) is 6.42 Å². The summed E-state index contributed by atoms with van der Waals surface area (Å²) in [5.41, 5.74) is 0. The van der Waals surface area contributed by atoms with Crippen LogP contribution in [0.5, 0.6) is 5.75 Å². The molecule has 1 heterocycles. The molecule has 0 aliphatic carbocycles. The Morgan fingerprint density at radius 1 is 1.09 bits per heavy atom. The van der Waals surface area contributed by atoms with E-state index < -0.39 is 5.97 Å². The van der Waals surface area contributed by atoms with E-state index in [-0.39, 0.29) is 19.1 Å². The van der Waals surface area contributed by atoms with Crippen molar-refractivity contribution in [3.05, 3.63) is 52.7 Å². The first-order valence-electron chi connectivity index (χ1n) is 6.91. The van der Waals surface area contributed by atoms with Crippen LogP contribution in [-0.2, 0) is 9.53 Å². The maximum Gasteiger partial charge on any atom is 0.344 e. The lowest BCUT2D eigenvalue weighted by Gasteiger charge is -2.07. The van der Waals surface area contributed by atoms with Gasteiger partial charge in [-0.25, -0.2) is 4.79 Å². The second kappa shape index (κ2) is 8.84. The van der Waals surface area contributed by atoms with Crippen LogP contribution in [0.2, 0.25) is 0 Å². The smallest absolute Gasteiger partial charge is 0.344 e. The molecule has 22 heavy (non-hydrogen) atoms. The Kier molecular flexibility index (Phi) is 6.44. The molecule has 2 aromatic rings. The molecule has 0 saturated heterocycles. The number of carbonyl (C=O) groups excluding carboxylic acids is 2. The van der Waals surface area contributed by atoms with Crippen molar-refractivity contribution in [1.82, 2.24) is 5.32 Å². The SMILES string of the molecule is O=C(COc1ccccc1)OCCCNC(=O)c1cccs1. The van der Waals surface area contributed by atoms with E-state index in [0.29, 0.717) is 23.6 Å². The number of esters is 1. The van der Waals surface area contributed by atoms with Gasteiger partial charge in [-0.05, 0) is 30.0 Å². The number of hydrogen-bond donors (Lipinski definition) is 1. The van der Waals surface area contributed by atoms with Gasteiger partial charge in [0.25, 0.3) is 5.91 Å². The average molecular weight is 319 g/mol. The second-order valence-corrected chi connectivity index (χ2v) is 5.36. The van der Waals surface area contributed by atoms with Gasteiger partial charge in [0.1, 0.15) is 5.75 Å². The molecule has 2 rings (SSSR count). The lowest BCUT2D eigenvalue weighted by atomic mass is 10.3. The summed E-state index contributed by atoms with van der Waals surface area (Å²) in [7, 11) is 0. The fraction of sp³-hybridized carbons (Fsp3) is 0.250. The quantitative estimate of drug-likeness (QED) is 0.600. The van der Waals surface area contributed by atoms with E-state index in [1.165, 1.54) is 11.3 Å². The van der Waals surface area contributed by atoms with E-state index in [1.54, 1.807) is 18.2 Å². The highest BCUT2D eigenvalue weighted by Crippen LogP contribution is 2.08. The van der Waals surface area contributed by atoms with Crippen LogP contribution in [-0.4, -0.2) is 31.6 Å². The van der Waals surface area contributed by atoms with Crippen molar-refractivity contribution >= 4 is 23.2 Å². The summed E-state index contributed by atoms with van der Waals surface area (Å²) in [4.78, 5) is 23.8. The van der Waals surface area contributed by atoms with Crippen LogP contribution in [0.4, 0.5) is 0 Å². The topological polar surface area (TPSA) is 64.6 Å². The summed E-state index contributed by atoms with van der Waals surface area (Å²) in [5, 5.41) is 4.62. The summed E-state index contributed by atoms with van der Waals surface area (Å²) in [6, 6.07) is 12.7. The van der Waals surface area contributed by atoms with Gasteiger partial charge in [0.2, 0.25) is 0 Å². The van der Waals surface area contributed by atoms with Crippen LogP contribution in [0, 0.1) is 0 Å². The number of carbonyl (C=O) groups is 2. The predicted molar refractivity (Wildman–Crippen MR) is 84.2 cm³/mol. The molecular formula is C16H17NO4S. The average Bonchev–Trinajstić information content (AvgIpc) is 3.08. The van der Waals surface area contributed by atoms with E-state index >= 15 is 0 Å². The summed E-state index contributed by atoms with van der Waals surface area (Å²) >= 11 is 1.39. The molecule has 0 bridgehead atoms. The second-order valence-electron chi connectivity index (χ2n) is 4.41. The van der Waals surface area contributed by atoms with Gasteiger partial charge in [0.15, 0.2) is 6.61 Å². The van der Waals surface area contributed by atoms with Crippen molar-refractivity contribution < 1.29 is 19.1 Å². The van der Waals surface area contributed by atoms with Crippen LogP contribution >= 0.6 is 11.3 Å². The van der Waals surface area contributed by atoms with Crippen LogP contribution < -0.4 is 10.1 Å². The zero-order chi connectivity index (χ0) is 15.6. The lowest BCUT2D eigenvalue weighted by molar-refractivity contribution is -0.146. The number of amides is 1. The minimum absolute atomic E-state index is 0.103. The first-order valence-corrected chi connectivity index (χ1v) is 7.79. The molecule has 0 spiro atoms. The number of thiophene rings is 1. The van der Waals surface area contributed by atoms with Gasteiger partial charge in [0.05, 0.1) is 11.5 Å². The Morgan fingerprint density at radius 3 is 2.64 bits per heavy atom. The summed E-state index contributed by atoms with van der Waals surface area (Å²) in [6.45, 7) is 0.594. The van der Waals surface area contributed by atoms with E-state index in [0.717, 1.165) is 0 Å². The molecule has 1 N–H and O–H groups in total. The van der Waals surface area contributed by atoms with Gasteiger partial charge in [-0.3, -0.25) is 4.79 Å². The molecule has 1 aromatic carbocycles. The molecule has 5 nitrogen and oxygen atoms in total. The number of ether oxygens (including phenoxy) is 2. The first kappa shape index (κ1) is 16.0. The van der Waals surface area contributed by atoms with Crippen LogP contribution in [0.15, 0.2) is 47.8 Å². The number of hydrogen-bond acceptors (Lipinski definition) is 5. The van der Waals surface area contributed by atoms with Crippen molar-refractivity contribution in [2.24, 2.45) is 0 Å². The third kappa shape index (κ3) is 5.57.